The number of rotatable bonds is 7. The highest BCUT2D eigenvalue weighted by Crippen LogP contribution is 2.26. The van der Waals surface area contributed by atoms with Crippen LogP contribution in [0.1, 0.15) is 16.8 Å². The first kappa shape index (κ1) is 25.1. The molecule has 0 spiro atoms. The molecule has 1 saturated heterocycles. The molecule has 0 bridgehead atoms. The lowest BCUT2D eigenvalue weighted by Gasteiger charge is -2.30. The van der Waals surface area contributed by atoms with Crippen LogP contribution in [-0.2, 0) is 19.5 Å². The summed E-state index contributed by atoms with van der Waals surface area (Å²) in [4.78, 5) is 11.8. The molecule has 1 aliphatic heterocycles. The Morgan fingerprint density at radius 1 is 1.18 bits per heavy atom. The number of sulfonamides is 1. The number of benzene rings is 2. The van der Waals surface area contributed by atoms with Gasteiger partial charge in [-0.05, 0) is 30.3 Å². The fraction of sp³-hybridized carbons (Fsp3) is 0.381. The first-order valence-electron chi connectivity index (χ1n) is 9.91. The molecule has 0 saturated carbocycles. The number of nitrogens with zero attached hydrogens (tertiary/aromatic N) is 1. The Hall–Kier alpha value is -2.51. The fourth-order valence-corrected chi connectivity index (χ4v) is 4.88. The van der Waals surface area contributed by atoms with Crippen molar-refractivity contribution in [2.24, 2.45) is 0 Å². The summed E-state index contributed by atoms with van der Waals surface area (Å²) in [6.45, 7) is -0.485. The van der Waals surface area contributed by atoms with Gasteiger partial charge in [-0.2, -0.15) is 4.31 Å². The second-order valence-electron chi connectivity index (χ2n) is 7.59. The maximum Gasteiger partial charge on any atom is 0.255 e. The van der Waals surface area contributed by atoms with Gasteiger partial charge >= 0.3 is 0 Å². The van der Waals surface area contributed by atoms with E-state index in [-0.39, 0.29) is 50.6 Å². The molecule has 1 fully saturated rings. The predicted molar refractivity (Wildman–Crippen MR) is 112 cm³/mol. The molecule has 3 rings (SSSR count). The lowest BCUT2D eigenvalue weighted by atomic mass is 10.0. The van der Waals surface area contributed by atoms with E-state index in [2.05, 4.69) is 5.32 Å². The van der Waals surface area contributed by atoms with Gasteiger partial charge in [-0.3, -0.25) is 4.79 Å². The van der Waals surface area contributed by atoms with Crippen LogP contribution in [0.15, 0.2) is 41.3 Å². The zero-order valence-corrected chi connectivity index (χ0v) is 18.5. The van der Waals surface area contributed by atoms with E-state index in [1.165, 1.54) is 7.11 Å². The molecular weight excluding hydrogens is 465 g/mol. The zero-order valence-electron chi connectivity index (χ0n) is 17.7. The van der Waals surface area contributed by atoms with Crippen molar-refractivity contribution in [3.05, 3.63) is 59.4 Å². The third-order valence-corrected chi connectivity index (χ3v) is 6.95. The predicted octanol–water partition coefficient (Wildman–Crippen LogP) is 2.14. The van der Waals surface area contributed by atoms with Crippen LogP contribution in [-0.4, -0.2) is 69.4 Å². The summed E-state index contributed by atoms with van der Waals surface area (Å²) in [5.41, 5.74) is -1.83. The standard InChI is InChI=1S/C21H23F3N2O6S/c1-31-8-6-21(28)12-26(7-9-32-13-21)33(29,30)19-10-14(2-4-17(19)23)20(27)25-15-3-5-16(22)18(24)11-15/h2-5,10-11,28H,6-9,12-13H2,1H3,(H,25,27). The third-order valence-electron chi connectivity index (χ3n) is 5.09. The normalized spacial score (nSPS) is 19.8. The molecule has 2 aromatic rings. The first-order chi connectivity index (χ1) is 15.6. The molecule has 180 valence electrons. The second kappa shape index (κ2) is 10.2. The van der Waals surface area contributed by atoms with Crippen LogP contribution in [0.25, 0.3) is 0 Å². The Bertz CT molecular complexity index is 1130. The molecule has 1 heterocycles. The van der Waals surface area contributed by atoms with Crippen LogP contribution in [0.4, 0.5) is 18.9 Å². The Morgan fingerprint density at radius 3 is 2.61 bits per heavy atom. The van der Waals surface area contributed by atoms with E-state index in [1.807, 2.05) is 0 Å². The maximum absolute atomic E-state index is 14.6. The summed E-state index contributed by atoms with van der Waals surface area (Å²) in [5.74, 6) is -4.23. The van der Waals surface area contributed by atoms with Gasteiger partial charge in [0.15, 0.2) is 11.6 Å². The van der Waals surface area contributed by atoms with Gasteiger partial charge in [-0.25, -0.2) is 21.6 Å². The highest BCUT2D eigenvalue weighted by molar-refractivity contribution is 7.89. The van der Waals surface area contributed by atoms with E-state index in [0.29, 0.717) is 0 Å². The molecule has 0 radical (unpaired) electrons. The number of hydrogen-bond donors (Lipinski definition) is 2. The third kappa shape index (κ3) is 5.89. The second-order valence-corrected chi connectivity index (χ2v) is 9.49. The molecular formula is C21H23F3N2O6S. The van der Waals surface area contributed by atoms with E-state index in [0.717, 1.165) is 40.7 Å². The molecule has 2 aromatic carbocycles. The van der Waals surface area contributed by atoms with Gasteiger partial charge in [0.2, 0.25) is 10.0 Å². The molecule has 0 aliphatic carbocycles. The smallest absolute Gasteiger partial charge is 0.255 e. The summed E-state index contributed by atoms with van der Waals surface area (Å²) in [5, 5.41) is 13.1. The number of carbonyl (C=O) groups excluding carboxylic acids is 1. The van der Waals surface area contributed by atoms with Gasteiger partial charge in [0.25, 0.3) is 5.91 Å². The zero-order chi connectivity index (χ0) is 24.2. The first-order valence-corrected chi connectivity index (χ1v) is 11.3. The van der Waals surface area contributed by atoms with Crippen LogP contribution >= 0.6 is 0 Å². The van der Waals surface area contributed by atoms with Gasteiger partial charge < -0.3 is 19.9 Å². The number of ether oxygens (including phenoxy) is 2. The van der Waals surface area contributed by atoms with Gasteiger partial charge in [-0.1, -0.05) is 0 Å². The van der Waals surface area contributed by atoms with Crippen LogP contribution in [0.3, 0.4) is 0 Å². The van der Waals surface area contributed by atoms with Crippen molar-refractivity contribution in [2.75, 3.05) is 45.3 Å². The molecule has 0 aromatic heterocycles. The molecule has 1 amide bonds. The summed E-state index contributed by atoms with van der Waals surface area (Å²) in [7, 11) is -3.03. The molecule has 1 unspecified atom stereocenters. The SMILES string of the molecule is COCCC1(O)COCCN(S(=O)(=O)c2cc(C(=O)Nc3ccc(F)c(F)c3)ccc2F)C1. The van der Waals surface area contributed by atoms with Gasteiger partial charge in [0, 0.05) is 50.5 Å². The van der Waals surface area contributed by atoms with Gasteiger partial charge in [0.05, 0.1) is 13.2 Å². The van der Waals surface area contributed by atoms with Gasteiger partial charge in [0.1, 0.15) is 16.3 Å². The lowest BCUT2D eigenvalue weighted by molar-refractivity contribution is -0.0493. The van der Waals surface area contributed by atoms with Crippen LogP contribution in [0.2, 0.25) is 0 Å². The van der Waals surface area contributed by atoms with Crippen molar-refractivity contribution in [1.29, 1.82) is 0 Å². The van der Waals surface area contributed by atoms with Crippen LogP contribution < -0.4 is 5.32 Å². The number of anilines is 1. The van der Waals surface area contributed by atoms with Crippen molar-refractivity contribution >= 4 is 21.6 Å². The topological polar surface area (TPSA) is 105 Å². The molecule has 12 heteroatoms. The molecule has 8 nitrogen and oxygen atoms in total. The number of β-amino-alcohol motifs (C(OH)–C–C–N with tert-alkyl or cyclic N) is 1. The number of aliphatic hydroxyl groups is 1. The maximum atomic E-state index is 14.6. The fourth-order valence-electron chi connectivity index (χ4n) is 3.29. The Labute approximate surface area is 189 Å². The van der Waals surface area contributed by atoms with Crippen molar-refractivity contribution in [3.8, 4) is 0 Å². The highest BCUT2D eigenvalue weighted by atomic mass is 32.2. The van der Waals surface area contributed by atoms with Crippen LogP contribution in [0.5, 0.6) is 0 Å². The average molecular weight is 488 g/mol. The number of hydrogen-bond acceptors (Lipinski definition) is 6. The number of nitrogens with one attached hydrogen (secondary N) is 1. The van der Waals surface area contributed by atoms with Crippen molar-refractivity contribution in [2.45, 2.75) is 16.9 Å². The molecule has 33 heavy (non-hydrogen) atoms. The molecule has 1 atom stereocenters. The number of carbonyl (C=O) groups is 1. The summed E-state index contributed by atoms with van der Waals surface area (Å²) in [6.07, 6.45) is 0.0919. The van der Waals surface area contributed by atoms with E-state index in [9.17, 15) is 31.5 Å². The largest absolute Gasteiger partial charge is 0.386 e. The van der Waals surface area contributed by atoms with Crippen molar-refractivity contribution in [1.82, 2.24) is 4.31 Å². The number of methoxy groups -OCH3 is 1. The quantitative estimate of drug-likeness (QED) is 0.619. The minimum Gasteiger partial charge on any atom is -0.386 e. The molecule has 1 aliphatic rings. The van der Waals surface area contributed by atoms with Crippen molar-refractivity contribution < 1.29 is 41.0 Å². The van der Waals surface area contributed by atoms with Gasteiger partial charge in [-0.15, -0.1) is 0 Å². The number of amides is 1. The Balaban J connectivity index is 1.87. The monoisotopic (exact) mass is 488 g/mol. The van der Waals surface area contributed by atoms with Crippen LogP contribution in [0, 0.1) is 17.5 Å². The van der Waals surface area contributed by atoms with E-state index in [1.54, 1.807) is 0 Å². The minimum atomic E-state index is -4.47. The Morgan fingerprint density at radius 2 is 1.91 bits per heavy atom. The number of halogens is 3. The average Bonchev–Trinajstić information content (AvgIpc) is 2.97. The highest BCUT2D eigenvalue weighted by Gasteiger charge is 2.38. The van der Waals surface area contributed by atoms with E-state index in [4.69, 9.17) is 9.47 Å². The summed E-state index contributed by atoms with van der Waals surface area (Å²) < 4.78 is 78.6. The van der Waals surface area contributed by atoms with Crippen molar-refractivity contribution in [3.63, 3.8) is 0 Å². The molecule has 2 N–H and O–H groups in total. The summed E-state index contributed by atoms with van der Waals surface area (Å²) >= 11 is 0. The lowest BCUT2D eigenvalue weighted by Crippen LogP contribution is -2.47. The summed E-state index contributed by atoms with van der Waals surface area (Å²) in [6, 6.07) is 5.42. The minimum absolute atomic E-state index is 0.0214. The Kier molecular flexibility index (Phi) is 7.75. The van der Waals surface area contributed by atoms with E-state index >= 15 is 0 Å². The van der Waals surface area contributed by atoms with E-state index < -0.39 is 43.9 Å².